The zero-order chi connectivity index (χ0) is 12.5. The zero-order valence-electron chi connectivity index (χ0n) is 9.92. The van der Waals surface area contributed by atoms with Gasteiger partial charge in [0.1, 0.15) is 0 Å². The summed E-state index contributed by atoms with van der Waals surface area (Å²) in [6, 6.07) is 6.91. The number of aliphatic imine (C=N–C) groups is 1. The van der Waals surface area contributed by atoms with Gasteiger partial charge in [-0.05, 0) is 31.0 Å². The van der Waals surface area contributed by atoms with Gasteiger partial charge in [0, 0.05) is 5.75 Å². The maximum atomic E-state index is 10.9. The summed E-state index contributed by atoms with van der Waals surface area (Å²) in [7, 11) is 0. The SMILES string of the molecule is CC1(c2cccc(C(=O)O)c2)CCSC(N)=N1.Cl. The lowest BCUT2D eigenvalue weighted by atomic mass is 9.89. The Hall–Kier alpha value is -1.20. The molecule has 1 heterocycles. The Labute approximate surface area is 116 Å². The van der Waals surface area contributed by atoms with Gasteiger partial charge in [-0.1, -0.05) is 23.9 Å². The maximum absolute atomic E-state index is 10.9. The summed E-state index contributed by atoms with van der Waals surface area (Å²) in [4.78, 5) is 15.4. The van der Waals surface area contributed by atoms with E-state index in [-0.39, 0.29) is 18.0 Å². The van der Waals surface area contributed by atoms with Crippen LogP contribution in [0.3, 0.4) is 0 Å². The van der Waals surface area contributed by atoms with Gasteiger partial charge in [0.15, 0.2) is 5.17 Å². The predicted molar refractivity (Wildman–Crippen MR) is 76.7 cm³/mol. The molecule has 0 aromatic heterocycles. The van der Waals surface area contributed by atoms with Gasteiger partial charge in [0.2, 0.25) is 0 Å². The molecule has 1 aliphatic heterocycles. The van der Waals surface area contributed by atoms with Crippen molar-refractivity contribution in [2.24, 2.45) is 10.7 Å². The Morgan fingerprint density at radius 2 is 2.28 bits per heavy atom. The Balaban J connectivity index is 0.00000162. The van der Waals surface area contributed by atoms with Crippen LogP contribution in [0, 0.1) is 0 Å². The average molecular weight is 287 g/mol. The number of amidine groups is 1. The molecule has 3 N–H and O–H groups in total. The Kier molecular flexibility index (Phi) is 4.65. The molecule has 0 aliphatic carbocycles. The van der Waals surface area contributed by atoms with Crippen LogP contribution in [-0.2, 0) is 5.54 Å². The van der Waals surface area contributed by atoms with Crippen molar-refractivity contribution in [3.8, 4) is 0 Å². The molecule has 4 nitrogen and oxygen atoms in total. The third kappa shape index (κ3) is 2.97. The molecule has 0 saturated carbocycles. The molecule has 98 valence electrons. The van der Waals surface area contributed by atoms with E-state index in [4.69, 9.17) is 10.8 Å². The van der Waals surface area contributed by atoms with Crippen molar-refractivity contribution >= 4 is 35.3 Å². The van der Waals surface area contributed by atoms with E-state index in [0.717, 1.165) is 17.7 Å². The van der Waals surface area contributed by atoms with Gasteiger partial charge >= 0.3 is 5.97 Å². The summed E-state index contributed by atoms with van der Waals surface area (Å²) in [5, 5.41) is 9.55. The fourth-order valence-electron chi connectivity index (χ4n) is 1.88. The minimum Gasteiger partial charge on any atom is -0.478 e. The minimum absolute atomic E-state index is 0. The van der Waals surface area contributed by atoms with Crippen LogP contribution in [0.1, 0.15) is 29.3 Å². The van der Waals surface area contributed by atoms with Crippen LogP contribution in [0.5, 0.6) is 0 Å². The first-order valence-electron chi connectivity index (χ1n) is 5.33. The largest absolute Gasteiger partial charge is 0.478 e. The number of carbonyl (C=O) groups is 1. The molecule has 1 atom stereocenters. The fraction of sp³-hybridized carbons (Fsp3) is 0.333. The van der Waals surface area contributed by atoms with E-state index >= 15 is 0 Å². The second-order valence-electron chi connectivity index (χ2n) is 4.21. The molecule has 1 aromatic carbocycles. The second kappa shape index (κ2) is 5.63. The lowest BCUT2D eigenvalue weighted by Crippen LogP contribution is -2.28. The summed E-state index contributed by atoms with van der Waals surface area (Å²) >= 11 is 1.54. The van der Waals surface area contributed by atoms with Crippen LogP contribution in [0.15, 0.2) is 29.3 Å². The molecule has 0 bridgehead atoms. The number of nitrogens with zero attached hydrogens (tertiary/aromatic N) is 1. The molecule has 0 saturated heterocycles. The first-order chi connectivity index (χ1) is 8.01. The highest BCUT2D eigenvalue weighted by molar-refractivity contribution is 8.13. The van der Waals surface area contributed by atoms with E-state index < -0.39 is 11.5 Å². The van der Waals surface area contributed by atoms with E-state index in [1.165, 1.54) is 11.8 Å². The maximum Gasteiger partial charge on any atom is 0.335 e. The number of carboxylic acid groups (broad SMARTS) is 1. The third-order valence-electron chi connectivity index (χ3n) is 2.93. The number of nitrogens with two attached hydrogens (primary N) is 1. The first-order valence-corrected chi connectivity index (χ1v) is 6.32. The number of aromatic carboxylic acids is 1. The van der Waals surface area contributed by atoms with E-state index in [9.17, 15) is 4.79 Å². The van der Waals surface area contributed by atoms with Gasteiger partial charge in [0.25, 0.3) is 0 Å². The molecule has 1 aliphatic rings. The summed E-state index contributed by atoms with van der Waals surface area (Å²) in [5.41, 5.74) is 6.53. The highest BCUT2D eigenvalue weighted by Gasteiger charge is 2.29. The number of rotatable bonds is 2. The van der Waals surface area contributed by atoms with Crippen molar-refractivity contribution < 1.29 is 9.90 Å². The molecule has 18 heavy (non-hydrogen) atoms. The normalized spacial score (nSPS) is 22.8. The van der Waals surface area contributed by atoms with Crippen LogP contribution < -0.4 is 5.73 Å². The van der Waals surface area contributed by atoms with Gasteiger partial charge in [-0.2, -0.15) is 0 Å². The zero-order valence-corrected chi connectivity index (χ0v) is 11.6. The third-order valence-corrected chi connectivity index (χ3v) is 3.72. The molecular formula is C12H15ClN2O2S. The average Bonchev–Trinajstić information content (AvgIpc) is 2.29. The minimum atomic E-state index is -0.919. The number of benzene rings is 1. The smallest absolute Gasteiger partial charge is 0.335 e. The predicted octanol–water partition coefficient (Wildman–Crippen LogP) is 2.47. The van der Waals surface area contributed by atoms with Crippen molar-refractivity contribution in [3.05, 3.63) is 35.4 Å². The summed E-state index contributed by atoms with van der Waals surface area (Å²) in [6.45, 7) is 1.99. The summed E-state index contributed by atoms with van der Waals surface area (Å²) in [6.07, 6.45) is 0.863. The Morgan fingerprint density at radius 3 is 2.89 bits per heavy atom. The molecule has 1 unspecified atom stereocenters. The number of halogens is 1. The van der Waals surface area contributed by atoms with Crippen molar-refractivity contribution in [2.75, 3.05) is 5.75 Å². The van der Waals surface area contributed by atoms with Gasteiger partial charge in [-0.3, -0.25) is 4.99 Å². The highest BCUT2D eigenvalue weighted by Crippen LogP contribution is 2.35. The molecule has 2 rings (SSSR count). The first kappa shape index (κ1) is 14.9. The van der Waals surface area contributed by atoms with Crippen molar-refractivity contribution in [1.29, 1.82) is 0 Å². The standard InChI is InChI=1S/C12H14N2O2S.ClH/c1-12(5-6-17-11(13)14-12)9-4-2-3-8(7-9)10(15)16;/h2-4,7H,5-6H2,1H3,(H2,13,14)(H,15,16);1H. The second-order valence-corrected chi connectivity index (χ2v) is 5.32. The Morgan fingerprint density at radius 1 is 1.56 bits per heavy atom. The van der Waals surface area contributed by atoms with Gasteiger partial charge in [0.05, 0.1) is 11.1 Å². The quantitative estimate of drug-likeness (QED) is 0.876. The van der Waals surface area contributed by atoms with E-state index in [1.807, 2.05) is 13.0 Å². The van der Waals surface area contributed by atoms with Gasteiger partial charge in [-0.15, -0.1) is 12.4 Å². The van der Waals surface area contributed by atoms with Crippen molar-refractivity contribution in [3.63, 3.8) is 0 Å². The molecule has 0 fully saturated rings. The summed E-state index contributed by atoms with van der Waals surface area (Å²) < 4.78 is 0. The van der Waals surface area contributed by atoms with Crippen molar-refractivity contribution in [2.45, 2.75) is 18.9 Å². The molecule has 0 amide bonds. The lowest BCUT2D eigenvalue weighted by Gasteiger charge is -2.29. The Bertz CT molecular complexity index is 493. The van der Waals surface area contributed by atoms with Crippen LogP contribution >= 0.6 is 24.2 Å². The number of carboxylic acids is 1. The van der Waals surface area contributed by atoms with E-state index in [2.05, 4.69) is 4.99 Å². The highest BCUT2D eigenvalue weighted by atomic mass is 35.5. The number of hydrogen-bond donors (Lipinski definition) is 2. The van der Waals surface area contributed by atoms with Crippen LogP contribution in [0.25, 0.3) is 0 Å². The van der Waals surface area contributed by atoms with Gasteiger partial charge < -0.3 is 10.8 Å². The molecule has 1 aromatic rings. The molecule has 6 heteroatoms. The fourth-order valence-corrected chi connectivity index (χ4v) is 2.86. The van der Waals surface area contributed by atoms with E-state index in [0.29, 0.717) is 5.17 Å². The molecular weight excluding hydrogens is 272 g/mol. The van der Waals surface area contributed by atoms with Gasteiger partial charge in [-0.25, -0.2) is 4.79 Å². The van der Waals surface area contributed by atoms with Crippen molar-refractivity contribution in [1.82, 2.24) is 0 Å². The van der Waals surface area contributed by atoms with E-state index in [1.54, 1.807) is 18.2 Å². The number of thioether (sulfide) groups is 1. The number of hydrogen-bond acceptors (Lipinski definition) is 4. The topological polar surface area (TPSA) is 75.7 Å². The van der Waals surface area contributed by atoms with Crippen LogP contribution in [0.2, 0.25) is 0 Å². The monoisotopic (exact) mass is 286 g/mol. The van der Waals surface area contributed by atoms with Crippen LogP contribution in [-0.4, -0.2) is 22.0 Å². The van der Waals surface area contributed by atoms with Crippen LogP contribution in [0.4, 0.5) is 0 Å². The molecule has 0 radical (unpaired) electrons. The lowest BCUT2D eigenvalue weighted by molar-refractivity contribution is 0.0696. The summed E-state index contributed by atoms with van der Waals surface area (Å²) in [5.74, 6) is -0.0130. The molecule has 0 spiro atoms.